The van der Waals surface area contributed by atoms with E-state index in [9.17, 15) is 71.5 Å². The van der Waals surface area contributed by atoms with Crippen LogP contribution in [0.1, 0.15) is 0 Å². The molecule has 4 aliphatic rings. The summed E-state index contributed by atoms with van der Waals surface area (Å²) in [6.45, 7) is -3.47. The van der Waals surface area contributed by atoms with Crippen molar-refractivity contribution >= 4 is 0 Å². The first-order chi connectivity index (χ1) is 21.3. The van der Waals surface area contributed by atoms with Gasteiger partial charge < -0.3 is 105 Å². The van der Waals surface area contributed by atoms with E-state index >= 15 is 0 Å². The second-order valence-electron chi connectivity index (χ2n) is 11.1. The predicted molar refractivity (Wildman–Crippen MR) is 134 cm³/mol. The summed E-state index contributed by atoms with van der Waals surface area (Å²) in [6, 6.07) is 0. The van der Waals surface area contributed by atoms with Gasteiger partial charge in [-0.05, 0) is 0 Å². The van der Waals surface area contributed by atoms with E-state index in [1.165, 1.54) is 0 Å². The van der Waals surface area contributed by atoms with Crippen LogP contribution < -0.4 is 0 Å². The molecule has 0 amide bonds. The molecule has 20 atom stereocenters. The minimum atomic E-state index is -2.06. The molecule has 4 saturated heterocycles. The fourth-order valence-corrected chi connectivity index (χ4v) is 5.51. The summed E-state index contributed by atoms with van der Waals surface area (Å²) in [4.78, 5) is 0. The van der Waals surface area contributed by atoms with Gasteiger partial charge in [-0.2, -0.15) is 0 Å². The normalized spacial score (nSPS) is 52.9. The Kier molecular flexibility index (Phi) is 12.8. The van der Waals surface area contributed by atoms with Crippen molar-refractivity contribution in [1.82, 2.24) is 0 Å². The number of aliphatic hydroxyl groups is 14. The molecular weight excluding hydrogens is 624 g/mol. The summed E-state index contributed by atoms with van der Waals surface area (Å²) in [6.07, 6.45) is -36.5. The standard InChI is InChI=1S/C24H42O21/c25-1-5-9(29)12(32)15(35)22(40-5)43-18-8(4-28)39-21(38)17(37)19(18)44-24-20(14(34)11(31)7(3-27)42-24)45-23-16(36)13(33)10(30)6(2-26)41-23/h5-38H,1-4H2/t5-,6-,7-,8-,9-,10-,11-,12+,13+,14+,15-,16+,17-,18+,19-,20+,21+,22-,23-,24-/m1/s1. The van der Waals surface area contributed by atoms with E-state index in [-0.39, 0.29) is 0 Å². The highest BCUT2D eigenvalue weighted by atomic mass is 16.8. The van der Waals surface area contributed by atoms with Crippen LogP contribution in [0.2, 0.25) is 0 Å². The van der Waals surface area contributed by atoms with Crippen molar-refractivity contribution in [2.24, 2.45) is 0 Å². The summed E-state index contributed by atoms with van der Waals surface area (Å²) in [7, 11) is 0. The molecule has 0 bridgehead atoms. The maximum Gasteiger partial charge on any atom is 0.187 e. The van der Waals surface area contributed by atoms with Crippen molar-refractivity contribution in [2.75, 3.05) is 26.4 Å². The molecule has 0 spiro atoms. The van der Waals surface area contributed by atoms with Crippen molar-refractivity contribution < 1.29 is 105 Å². The van der Waals surface area contributed by atoms with Crippen molar-refractivity contribution in [3.8, 4) is 0 Å². The van der Waals surface area contributed by atoms with Crippen LogP contribution in [0.15, 0.2) is 0 Å². The molecule has 4 aliphatic heterocycles. The summed E-state index contributed by atoms with van der Waals surface area (Å²) in [5.41, 5.74) is 0. The molecule has 0 unspecified atom stereocenters. The lowest BCUT2D eigenvalue weighted by Crippen LogP contribution is -2.68. The largest absolute Gasteiger partial charge is 0.394 e. The Morgan fingerprint density at radius 2 is 0.711 bits per heavy atom. The van der Waals surface area contributed by atoms with E-state index in [2.05, 4.69) is 0 Å². The Bertz CT molecular complexity index is 914. The smallest absolute Gasteiger partial charge is 0.187 e. The number of hydrogen-bond acceptors (Lipinski definition) is 21. The maximum absolute atomic E-state index is 10.9. The average molecular weight is 667 g/mol. The number of ether oxygens (including phenoxy) is 7. The summed E-state index contributed by atoms with van der Waals surface area (Å²) >= 11 is 0. The van der Waals surface area contributed by atoms with Gasteiger partial charge in [-0.15, -0.1) is 0 Å². The first-order valence-corrected chi connectivity index (χ1v) is 14.1. The molecule has 14 N–H and O–H groups in total. The summed E-state index contributed by atoms with van der Waals surface area (Å²) in [5.74, 6) is 0. The molecule has 0 aromatic heterocycles. The second-order valence-corrected chi connectivity index (χ2v) is 11.1. The SMILES string of the molecule is OC[C@H]1O[C@H](O[C@@H]2[C@@H](O[C@@H]3[C@@H](O)[C@@H](O)O[C@H](CO)[C@@H]3O[C@H]3O[C@H](CO)[C@@H](O)[C@H](O)[C@H]3O)O[C@H](CO)[C@@H](O)[C@@H]2O)[C@@H](O)[C@@H](O)[C@@H]1O. The molecule has 264 valence electrons. The molecule has 0 aromatic carbocycles. The zero-order valence-corrected chi connectivity index (χ0v) is 23.5. The van der Waals surface area contributed by atoms with Crippen molar-refractivity contribution in [3.63, 3.8) is 0 Å². The van der Waals surface area contributed by atoms with Crippen LogP contribution >= 0.6 is 0 Å². The van der Waals surface area contributed by atoms with Gasteiger partial charge in [-0.25, -0.2) is 0 Å². The molecule has 45 heavy (non-hydrogen) atoms. The Morgan fingerprint density at radius 1 is 0.333 bits per heavy atom. The zero-order valence-electron chi connectivity index (χ0n) is 23.5. The summed E-state index contributed by atoms with van der Waals surface area (Å²) in [5, 5.41) is 143. The first-order valence-electron chi connectivity index (χ1n) is 14.1. The number of aliphatic hydroxyl groups excluding tert-OH is 14. The molecular formula is C24H42O21. The van der Waals surface area contributed by atoms with Gasteiger partial charge in [0.1, 0.15) is 97.7 Å². The van der Waals surface area contributed by atoms with Gasteiger partial charge in [0.15, 0.2) is 25.2 Å². The highest BCUT2D eigenvalue weighted by Crippen LogP contribution is 2.35. The van der Waals surface area contributed by atoms with Crippen LogP contribution in [-0.2, 0) is 33.2 Å². The fourth-order valence-electron chi connectivity index (χ4n) is 5.51. The molecule has 4 fully saturated rings. The Morgan fingerprint density at radius 3 is 1.16 bits per heavy atom. The van der Waals surface area contributed by atoms with Gasteiger partial charge in [0, 0.05) is 0 Å². The lowest BCUT2D eigenvalue weighted by molar-refractivity contribution is -0.399. The van der Waals surface area contributed by atoms with Crippen LogP contribution in [0.25, 0.3) is 0 Å². The third-order valence-electron chi connectivity index (χ3n) is 8.21. The topological polar surface area (TPSA) is 348 Å². The van der Waals surface area contributed by atoms with Gasteiger partial charge in [-0.1, -0.05) is 0 Å². The van der Waals surface area contributed by atoms with Gasteiger partial charge in [0.2, 0.25) is 0 Å². The van der Waals surface area contributed by atoms with Crippen molar-refractivity contribution in [1.29, 1.82) is 0 Å². The Hall–Kier alpha value is -0.840. The lowest BCUT2D eigenvalue weighted by atomic mass is 9.95. The van der Waals surface area contributed by atoms with Gasteiger partial charge >= 0.3 is 0 Å². The number of rotatable bonds is 10. The lowest BCUT2D eigenvalue weighted by Gasteiger charge is -2.49. The summed E-state index contributed by atoms with van der Waals surface area (Å²) < 4.78 is 38.4. The number of hydrogen-bond donors (Lipinski definition) is 14. The molecule has 21 nitrogen and oxygen atoms in total. The second kappa shape index (κ2) is 15.6. The fraction of sp³-hybridized carbons (Fsp3) is 1.00. The van der Waals surface area contributed by atoms with E-state index < -0.39 is 149 Å². The van der Waals surface area contributed by atoms with Crippen LogP contribution in [0.4, 0.5) is 0 Å². The van der Waals surface area contributed by atoms with E-state index in [0.717, 1.165) is 0 Å². The monoisotopic (exact) mass is 666 g/mol. The average Bonchev–Trinajstić information content (AvgIpc) is 3.03. The highest BCUT2D eigenvalue weighted by Gasteiger charge is 2.55. The Balaban J connectivity index is 1.63. The predicted octanol–water partition coefficient (Wildman–Crippen LogP) is -9.75. The van der Waals surface area contributed by atoms with Crippen molar-refractivity contribution in [2.45, 2.75) is 123 Å². The molecule has 21 heteroatoms. The first kappa shape index (κ1) is 37.0. The molecule has 0 aromatic rings. The van der Waals surface area contributed by atoms with Crippen LogP contribution in [-0.4, -0.2) is 221 Å². The van der Waals surface area contributed by atoms with E-state index in [4.69, 9.17) is 33.2 Å². The van der Waals surface area contributed by atoms with E-state index in [1.54, 1.807) is 0 Å². The molecule has 0 radical (unpaired) electrons. The highest BCUT2D eigenvalue weighted by molar-refractivity contribution is 4.98. The maximum atomic E-state index is 10.9. The Labute approximate surface area is 254 Å². The quantitative estimate of drug-likeness (QED) is 0.103. The minimum Gasteiger partial charge on any atom is -0.394 e. The van der Waals surface area contributed by atoms with E-state index in [0.29, 0.717) is 0 Å². The molecule has 0 aliphatic carbocycles. The van der Waals surface area contributed by atoms with Gasteiger partial charge in [0.05, 0.1) is 26.4 Å². The molecule has 4 rings (SSSR count). The van der Waals surface area contributed by atoms with Crippen LogP contribution in [0.5, 0.6) is 0 Å². The van der Waals surface area contributed by atoms with Crippen LogP contribution in [0.3, 0.4) is 0 Å². The van der Waals surface area contributed by atoms with Gasteiger partial charge in [0.25, 0.3) is 0 Å². The van der Waals surface area contributed by atoms with Gasteiger partial charge in [-0.3, -0.25) is 0 Å². The third kappa shape index (κ3) is 7.44. The van der Waals surface area contributed by atoms with Crippen LogP contribution in [0, 0.1) is 0 Å². The minimum absolute atomic E-state index is 0.827. The molecule has 0 saturated carbocycles. The zero-order chi connectivity index (χ0) is 33.3. The third-order valence-corrected chi connectivity index (χ3v) is 8.21. The molecule has 4 heterocycles. The van der Waals surface area contributed by atoms with E-state index in [1.807, 2.05) is 0 Å². The van der Waals surface area contributed by atoms with Crippen molar-refractivity contribution in [3.05, 3.63) is 0 Å².